The van der Waals surface area contributed by atoms with Crippen molar-refractivity contribution in [2.75, 3.05) is 0 Å². The van der Waals surface area contributed by atoms with Gasteiger partial charge in [-0.05, 0) is 80.6 Å². The van der Waals surface area contributed by atoms with E-state index < -0.39 is 29.5 Å². The fourth-order valence-corrected chi connectivity index (χ4v) is 7.86. The molecule has 7 heteroatoms. The van der Waals surface area contributed by atoms with Crippen LogP contribution in [0.25, 0.3) is 0 Å². The third kappa shape index (κ3) is 2.64. The Morgan fingerprint density at radius 3 is 2.45 bits per heavy atom. The summed E-state index contributed by atoms with van der Waals surface area (Å²) < 4.78 is 69.2. The van der Waals surface area contributed by atoms with Crippen molar-refractivity contribution < 1.29 is 31.9 Å². The Morgan fingerprint density at radius 2 is 1.83 bits per heavy atom. The standard InChI is InChI=1S/C22H29F5O2/c1-3-19-8-6-16-15-5-4-14(28)11-13(15)10-12(2)18(16)17(19)7-9-20(19,29)21(23,24)22(25,26)27/h11-12,15-18,29H,3-10H2,1-2H3/t12?,15?,16?,17?,18?,19?,20-/m1/s1. The Morgan fingerprint density at radius 1 is 1.14 bits per heavy atom. The first-order valence-corrected chi connectivity index (χ1v) is 10.8. The van der Waals surface area contributed by atoms with Crippen LogP contribution in [0.1, 0.15) is 65.2 Å². The van der Waals surface area contributed by atoms with Crippen LogP contribution in [-0.2, 0) is 4.79 Å². The molecule has 29 heavy (non-hydrogen) atoms. The summed E-state index contributed by atoms with van der Waals surface area (Å²) in [6.07, 6.45) is -1.60. The second-order valence-electron chi connectivity index (χ2n) is 9.88. The molecule has 7 atom stereocenters. The molecule has 6 unspecified atom stereocenters. The van der Waals surface area contributed by atoms with Crippen molar-refractivity contribution in [3.63, 3.8) is 0 Å². The van der Waals surface area contributed by atoms with E-state index in [1.807, 2.05) is 6.92 Å². The van der Waals surface area contributed by atoms with Crippen molar-refractivity contribution >= 4 is 5.78 Å². The van der Waals surface area contributed by atoms with E-state index in [-0.39, 0.29) is 54.6 Å². The van der Waals surface area contributed by atoms with Crippen LogP contribution >= 0.6 is 0 Å². The first-order chi connectivity index (χ1) is 13.4. The van der Waals surface area contributed by atoms with Gasteiger partial charge < -0.3 is 5.11 Å². The second kappa shape index (κ2) is 6.51. The highest BCUT2D eigenvalue weighted by molar-refractivity contribution is 5.91. The molecule has 0 aromatic carbocycles. The van der Waals surface area contributed by atoms with Gasteiger partial charge >= 0.3 is 12.1 Å². The van der Waals surface area contributed by atoms with Crippen molar-refractivity contribution in [1.29, 1.82) is 0 Å². The van der Waals surface area contributed by atoms with E-state index in [0.29, 0.717) is 19.3 Å². The topological polar surface area (TPSA) is 37.3 Å². The summed E-state index contributed by atoms with van der Waals surface area (Å²) in [6.45, 7) is 3.67. The van der Waals surface area contributed by atoms with Crippen molar-refractivity contribution in [3.8, 4) is 0 Å². The molecule has 4 rings (SSSR count). The van der Waals surface area contributed by atoms with Crippen LogP contribution in [0.4, 0.5) is 22.0 Å². The molecule has 0 amide bonds. The number of carbonyl (C=O) groups is 1. The van der Waals surface area contributed by atoms with Crippen LogP contribution in [0.15, 0.2) is 11.6 Å². The summed E-state index contributed by atoms with van der Waals surface area (Å²) in [4.78, 5) is 11.9. The van der Waals surface area contributed by atoms with Gasteiger partial charge in [0.05, 0.1) is 0 Å². The smallest absolute Gasteiger partial charge is 0.383 e. The van der Waals surface area contributed by atoms with Gasteiger partial charge in [0.15, 0.2) is 5.78 Å². The summed E-state index contributed by atoms with van der Waals surface area (Å²) in [5, 5.41) is 11.0. The summed E-state index contributed by atoms with van der Waals surface area (Å²) >= 11 is 0. The highest BCUT2D eigenvalue weighted by atomic mass is 19.4. The number of halogens is 5. The number of hydrogen-bond acceptors (Lipinski definition) is 2. The van der Waals surface area contributed by atoms with Crippen molar-refractivity contribution in [3.05, 3.63) is 11.6 Å². The number of fused-ring (bicyclic) bond motifs is 5. The SMILES string of the molecule is CCC12CCC3C4CCC(=O)C=C4CC(C)C3C1CC[C@]2(O)C(F)(F)C(F)(F)F. The van der Waals surface area contributed by atoms with Crippen LogP contribution < -0.4 is 0 Å². The monoisotopic (exact) mass is 420 g/mol. The molecule has 4 aliphatic rings. The summed E-state index contributed by atoms with van der Waals surface area (Å²) in [6, 6.07) is 0. The van der Waals surface area contributed by atoms with Crippen LogP contribution in [0.2, 0.25) is 0 Å². The Labute approximate surface area is 167 Å². The molecule has 0 aliphatic heterocycles. The van der Waals surface area contributed by atoms with Crippen molar-refractivity contribution in [2.45, 2.75) is 82.9 Å². The molecule has 0 saturated heterocycles. The van der Waals surface area contributed by atoms with Crippen LogP contribution in [0.3, 0.4) is 0 Å². The Bertz CT molecular complexity index is 729. The van der Waals surface area contributed by atoms with E-state index in [1.165, 1.54) is 0 Å². The number of allylic oxidation sites excluding steroid dienone is 1. The van der Waals surface area contributed by atoms with Gasteiger partial charge in [0, 0.05) is 11.8 Å². The number of ketones is 1. The Kier molecular flexibility index (Phi) is 4.77. The maximum absolute atomic E-state index is 14.6. The van der Waals surface area contributed by atoms with Gasteiger partial charge in [-0.1, -0.05) is 19.4 Å². The summed E-state index contributed by atoms with van der Waals surface area (Å²) in [5.41, 5.74) is -3.35. The molecule has 0 aromatic heterocycles. The minimum Gasteiger partial charge on any atom is -0.383 e. The normalized spacial score (nSPS) is 45.3. The minimum atomic E-state index is -5.77. The van der Waals surface area contributed by atoms with Crippen LogP contribution in [0, 0.1) is 35.0 Å². The van der Waals surface area contributed by atoms with Gasteiger partial charge in [-0.15, -0.1) is 0 Å². The van der Waals surface area contributed by atoms with E-state index in [0.717, 1.165) is 12.0 Å². The molecule has 0 bridgehead atoms. The van der Waals surface area contributed by atoms with E-state index >= 15 is 0 Å². The lowest BCUT2D eigenvalue weighted by atomic mass is 9.47. The van der Waals surface area contributed by atoms with Crippen LogP contribution in [0.5, 0.6) is 0 Å². The van der Waals surface area contributed by atoms with Gasteiger partial charge in [0.25, 0.3) is 0 Å². The zero-order valence-electron chi connectivity index (χ0n) is 16.9. The quantitative estimate of drug-likeness (QED) is 0.583. The fraction of sp³-hybridized carbons (Fsp3) is 0.864. The number of aliphatic hydroxyl groups is 1. The predicted octanol–water partition coefficient (Wildman–Crippen LogP) is 5.69. The van der Waals surface area contributed by atoms with Gasteiger partial charge in [0.2, 0.25) is 0 Å². The number of rotatable bonds is 2. The van der Waals surface area contributed by atoms with E-state index in [2.05, 4.69) is 0 Å². The largest absolute Gasteiger partial charge is 0.456 e. The number of carbonyl (C=O) groups excluding carboxylic acids is 1. The maximum Gasteiger partial charge on any atom is 0.456 e. The van der Waals surface area contributed by atoms with Gasteiger partial charge in [0.1, 0.15) is 5.60 Å². The maximum atomic E-state index is 14.6. The average molecular weight is 420 g/mol. The van der Waals surface area contributed by atoms with Crippen LogP contribution in [-0.4, -0.2) is 28.6 Å². The Balaban J connectivity index is 1.74. The molecule has 3 saturated carbocycles. The van der Waals surface area contributed by atoms with Crippen molar-refractivity contribution in [1.82, 2.24) is 0 Å². The molecule has 4 aliphatic carbocycles. The molecular formula is C22H29F5O2. The number of hydrogen-bond donors (Lipinski definition) is 1. The molecule has 0 spiro atoms. The lowest BCUT2D eigenvalue weighted by molar-refractivity contribution is -0.366. The molecule has 0 aromatic rings. The molecule has 2 nitrogen and oxygen atoms in total. The summed E-state index contributed by atoms with van der Waals surface area (Å²) in [7, 11) is 0. The summed E-state index contributed by atoms with van der Waals surface area (Å²) in [5.74, 6) is -4.81. The third-order valence-corrected chi connectivity index (χ3v) is 9.00. The first kappa shape index (κ1) is 21.3. The van der Waals surface area contributed by atoms with E-state index in [9.17, 15) is 31.9 Å². The first-order valence-electron chi connectivity index (χ1n) is 10.8. The third-order valence-electron chi connectivity index (χ3n) is 9.00. The zero-order chi connectivity index (χ0) is 21.4. The minimum absolute atomic E-state index is 0.0112. The predicted molar refractivity (Wildman–Crippen MR) is 97.2 cm³/mol. The molecule has 1 N–H and O–H groups in total. The van der Waals surface area contributed by atoms with Crippen molar-refractivity contribution in [2.24, 2.45) is 35.0 Å². The molecular weight excluding hydrogens is 391 g/mol. The molecule has 3 fully saturated rings. The zero-order valence-corrected chi connectivity index (χ0v) is 16.9. The lowest BCUT2D eigenvalue weighted by Gasteiger charge is -2.59. The average Bonchev–Trinajstić information content (AvgIpc) is 2.95. The van der Waals surface area contributed by atoms with E-state index in [4.69, 9.17) is 0 Å². The molecule has 0 heterocycles. The Hall–Kier alpha value is -0.980. The van der Waals surface area contributed by atoms with Gasteiger partial charge in [-0.25, -0.2) is 0 Å². The second-order valence-corrected chi connectivity index (χ2v) is 9.88. The molecule has 0 radical (unpaired) electrons. The highest BCUT2D eigenvalue weighted by Crippen LogP contribution is 2.71. The number of alkyl halides is 5. The fourth-order valence-electron chi connectivity index (χ4n) is 7.86. The van der Waals surface area contributed by atoms with Gasteiger partial charge in [-0.2, -0.15) is 22.0 Å². The van der Waals surface area contributed by atoms with Gasteiger partial charge in [-0.3, -0.25) is 4.79 Å². The molecule has 164 valence electrons. The lowest BCUT2D eigenvalue weighted by Crippen LogP contribution is -2.66. The highest BCUT2D eigenvalue weighted by Gasteiger charge is 2.79. The van der Waals surface area contributed by atoms with E-state index in [1.54, 1.807) is 13.0 Å².